The molecule has 0 rings (SSSR count). The van der Waals surface area contributed by atoms with Gasteiger partial charge in [-0.2, -0.15) is 0 Å². The fourth-order valence-corrected chi connectivity index (χ4v) is 0.569. The van der Waals surface area contributed by atoms with Crippen molar-refractivity contribution in [2.75, 3.05) is 6.61 Å². The first kappa shape index (κ1) is 11.4. The van der Waals surface area contributed by atoms with Crippen LogP contribution in [-0.2, 0) is 4.79 Å². The molecule has 0 fully saturated rings. The van der Waals surface area contributed by atoms with Gasteiger partial charge in [-0.15, -0.1) is 0 Å². The van der Waals surface area contributed by atoms with Crippen LogP contribution in [0.1, 0.15) is 0 Å². The van der Waals surface area contributed by atoms with Crippen LogP contribution in [-0.4, -0.2) is 45.2 Å². The highest BCUT2D eigenvalue weighted by atomic mass is 35.5. The topological polar surface area (TPSA) is 98.0 Å². The van der Waals surface area contributed by atoms with Gasteiger partial charge in [0, 0.05) is 0 Å². The van der Waals surface area contributed by atoms with E-state index in [4.69, 9.17) is 32.0 Å². The van der Waals surface area contributed by atoms with E-state index in [1.165, 1.54) is 0 Å². The summed E-state index contributed by atoms with van der Waals surface area (Å²) in [6, 6.07) is 0. The van der Waals surface area contributed by atoms with Gasteiger partial charge in [-0.25, -0.2) is 4.79 Å². The van der Waals surface area contributed by atoms with Crippen molar-refractivity contribution >= 4 is 17.6 Å². The van der Waals surface area contributed by atoms with Crippen molar-refractivity contribution in [2.24, 2.45) is 0 Å². The summed E-state index contributed by atoms with van der Waals surface area (Å²) in [5.41, 5.74) is 0. The van der Waals surface area contributed by atoms with Crippen molar-refractivity contribution in [1.82, 2.24) is 0 Å². The number of aliphatic hydroxyl groups is 3. The molecule has 0 aromatic heterocycles. The molecule has 0 aromatic rings. The molecule has 4 N–H and O–H groups in total. The van der Waals surface area contributed by atoms with Gasteiger partial charge in [0.15, 0.2) is 0 Å². The summed E-state index contributed by atoms with van der Waals surface area (Å²) in [5, 5.41) is 33.6. The molecule has 0 radical (unpaired) electrons. The molecular weight excluding hydrogens is 188 g/mol. The van der Waals surface area contributed by atoms with Crippen LogP contribution in [0.3, 0.4) is 0 Å². The average molecular weight is 197 g/mol. The molecule has 2 atom stereocenters. The lowest BCUT2D eigenvalue weighted by Crippen LogP contribution is -2.27. The summed E-state index contributed by atoms with van der Waals surface area (Å²) in [6.45, 7) is -0.665. The van der Waals surface area contributed by atoms with Crippen LogP contribution in [0.25, 0.3) is 0 Å². The van der Waals surface area contributed by atoms with Crippen LogP contribution >= 0.6 is 11.6 Å². The molecule has 0 amide bonds. The van der Waals surface area contributed by atoms with Crippen LogP contribution in [0.15, 0.2) is 11.1 Å². The van der Waals surface area contributed by atoms with Crippen molar-refractivity contribution in [3.8, 4) is 0 Å². The zero-order chi connectivity index (χ0) is 9.72. The Labute approximate surface area is 73.5 Å². The van der Waals surface area contributed by atoms with Crippen LogP contribution in [0, 0.1) is 0 Å². The van der Waals surface area contributed by atoms with Gasteiger partial charge in [0.2, 0.25) is 0 Å². The lowest BCUT2D eigenvalue weighted by atomic mass is 10.2. The third kappa shape index (κ3) is 3.68. The third-order valence-corrected chi connectivity index (χ3v) is 1.39. The smallest absolute Gasteiger partial charge is 0.347 e. The number of rotatable bonds is 4. The normalized spacial score (nSPS) is 17.2. The number of aliphatic hydroxyl groups excluding tert-OH is 3. The van der Waals surface area contributed by atoms with E-state index in [1.807, 2.05) is 0 Å². The second-order valence-corrected chi connectivity index (χ2v) is 2.47. The molecule has 0 saturated heterocycles. The van der Waals surface area contributed by atoms with Crippen LogP contribution < -0.4 is 0 Å². The highest BCUT2D eigenvalue weighted by molar-refractivity contribution is 6.40. The summed E-state index contributed by atoms with van der Waals surface area (Å²) in [6.07, 6.45) is -2.15. The predicted octanol–water partition coefficient (Wildman–Crippen LogP) is -1.09. The largest absolute Gasteiger partial charge is 0.477 e. The Kier molecular flexibility index (Phi) is 4.84. The zero-order valence-electron chi connectivity index (χ0n) is 6.01. The van der Waals surface area contributed by atoms with Crippen molar-refractivity contribution in [1.29, 1.82) is 0 Å². The molecule has 0 bridgehead atoms. The first-order valence-corrected chi connectivity index (χ1v) is 3.44. The van der Waals surface area contributed by atoms with Crippen LogP contribution in [0.4, 0.5) is 0 Å². The Morgan fingerprint density at radius 1 is 1.50 bits per heavy atom. The maximum absolute atomic E-state index is 10.1. The maximum Gasteiger partial charge on any atom is 0.347 e. The number of aliphatic carboxylic acids is 1. The highest BCUT2D eigenvalue weighted by Gasteiger charge is 2.14. The number of hydrogen-bond acceptors (Lipinski definition) is 4. The summed E-state index contributed by atoms with van der Waals surface area (Å²) in [5.74, 6) is -1.40. The van der Waals surface area contributed by atoms with E-state index in [2.05, 4.69) is 0 Å². The van der Waals surface area contributed by atoms with Crippen molar-refractivity contribution in [2.45, 2.75) is 12.2 Å². The predicted molar refractivity (Wildman–Crippen MR) is 40.7 cm³/mol. The zero-order valence-corrected chi connectivity index (χ0v) is 6.77. The average Bonchev–Trinajstić information content (AvgIpc) is 2.02. The first-order valence-electron chi connectivity index (χ1n) is 3.06. The Bertz CT molecular complexity index is 190. The molecule has 0 aliphatic carbocycles. The minimum atomic E-state index is -1.47. The lowest BCUT2D eigenvalue weighted by molar-refractivity contribution is -0.132. The van der Waals surface area contributed by atoms with E-state index < -0.39 is 29.8 Å². The van der Waals surface area contributed by atoms with Gasteiger partial charge in [0.25, 0.3) is 0 Å². The van der Waals surface area contributed by atoms with Gasteiger partial charge in [0.1, 0.15) is 17.2 Å². The summed E-state index contributed by atoms with van der Waals surface area (Å²) < 4.78 is 0. The van der Waals surface area contributed by atoms with E-state index >= 15 is 0 Å². The molecule has 70 valence electrons. The van der Waals surface area contributed by atoms with Crippen molar-refractivity contribution < 1.29 is 25.2 Å². The van der Waals surface area contributed by atoms with E-state index in [0.717, 1.165) is 6.08 Å². The number of hydrogen-bond donors (Lipinski definition) is 4. The second-order valence-electron chi connectivity index (χ2n) is 2.06. The minimum Gasteiger partial charge on any atom is -0.477 e. The molecule has 12 heavy (non-hydrogen) atoms. The molecule has 0 aromatic carbocycles. The summed E-state index contributed by atoms with van der Waals surface area (Å²) in [4.78, 5) is 10.1. The van der Waals surface area contributed by atoms with Crippen molar-refractivity contribution in [3.05, 3.63) is 11.1 Å². The fourth-order valence-electron chi connectivity index (χ4n) is 0.440. The lowest BCUT2D eigenvalue weighted by Gasteiger charge is -2.10. The van der Waals surface area contributed by atoms with Crippen LogP contribution in [0.2, 0.25) is 0 Å². The maximum atomic E-state index is 10.1. The van der Waals surface area contributed by atoms with Gasteiger partial charge in [0.05, 0.1) is 6.61 Å². The molecule has 0 heterocycles. The molecule has 0 aliphatic heterocycles. The van der Waals surface area contributed by atoms with E-state index in [-0.39, 0.29) is 0 Å². The van der Waals surface area contributed by atoms with Gasteiger partial charge in [-0.3, -0.25) is 0 Å². The van der Waals surface area contributed by atoms with Gasteiger partial charge >= 0.3 is 5.97 Å². The monoisotopic (exact) mass is 196 g/mol. The fraction of sp³-hybridized carbons (Fsp3) is 0.500. The molecule has 0 spiro atoms. The molecule has 6 heteroatoms. The molecule has 0 aliphatic rings. The van der Waals surface area contributed by atoms with E-state index in [0.29, 0.717) is 0 Å². The standard InChI is InChI=1S/C6H9ClO5/c7-3(6(11)12)1-4(9)5(10)2-8/h1,4-5,8-10H,2H2,(H,11,12)/b3-1+. The van der Waals surface area contributed by atoms with E-state index in [9.17, 15) is 4.79 Å². The highest BCUT2D eigenvalue weighted by Crippen LogP contribution is 2.05. The number of carboxylic acid groups (broad SMARTS) is 1. The number of halogens is 1. The first-order chi connectivity index (χ1) is 5.49. The quantitative estimate of drug-likeness (QED) is 0.429. The SMILES string of the molecule is O=C(O)/C(Cl)=C\C(O)C(O)CO. The molecule has 2 unspecified atom stereocenters. The second kappa shape index (κ2) is 5.10. The Morgan fingerprint density at radius 2 is 2.00 bits per heavy atom. The van der Waals surface area contributed by atoms with Gasteiger partial charge < -0.3 is 20.4 Å². The van der Waals surface area contributed by atoms with Crippen molar-refractivity contribution in [3.63, 3.8) is 0 Å². The molecule has 0 saturated carbocycles. The Hall–Kier alpha value is -0.620. The van der Waals surface area contributed by atoms with Gasteiger partial charge in [-0.05, 0) is 6.08 Å². The minimum absolute atomic E-state index is 0.602. The molecular formula is C6H9ClO5. The van der Waals surface area contributed by atoms with E-state index in [1.54, 1.807) is 0 Å². The Morgan fingerprint density at radius 3 is 2.33 bits per heavy atom. The van der Waals surface area contributed by atoms with Gasteiger partial charge in [-0.1, -0.05) is 11.6 Å². The van der Waals surface area contributed by atoms with Crippen LogP contribution in [0.5, 0.6) is 0 Å². The number of carbonyl (C=O) groups is 1. The summed E-state index contributed by atoms with van der Waals surface area (Å²) in [7, 11) is 0. The number of carboxylic acids is 1. The molecule has 5 nitrogen and oxygen atoms in total. The third-order valence-electron chi connectivity index (χ3n) is 1.10. The Balaban J connectivity index is 4.22. The summed E-state index contributed by atoms with van der Waals surface area (Å²) >= 11 is 5.12.